The van der Waals surface area contributed by atoms with Gasteiger partial charge in [0.25, 0.3) is 5.69 Å². The molecular formula is C20H19N9O6. The van der Waals surface area contributed by atoms with Gasteiger partial charge in [0.1, 0.15) is 0 Å². The minimum Gasteiger partial charge on any atom is -0.502 e. The summed E-state index contributed by atoms with van der Waals surface area (Å²) in [5.74, 6) is 0.0511. The van der Waals surface area contributed by atoms with Crippen molar-refractivity contribution in [1.82, 2.24) is 15.0 Å². The van der Waals surface area contributed by atoms with E-state index in [0.29, 0.717) is 37.9 Å². The maximum absolute atomic E-state index is 11.0. The lowest BCUT2D eigenvalue weighted by Crippen LogP contribution is -2.37. The third-order valence-electron chi connectivity index (χ3n) is 4.86. The summed E-state index contributed by atoms with van der Waals surface area (Å²) in [5, 5.41) is 38.9. The summed E-state index contributed by atoms with van der Waals surface area (Å²) in [4.78, 5) is 35.6. The molecule has 2 aromatic carbocycles. The zero-order valence-corrected chi connectivity index (χ0v) is 18.1. The maximum Gasteiger partial charge on any atom is 0.311 e. The first kappa shape index (κ1) is 23.2. The Labute approximate surface area is 197 Å². The molecule has 0 bridgehead atoms. The molecule has 0 atom stereocenters. The third-order valence-corrected chi connectivity index (χ3v) is 4.86. The number of hydrogen-bond donors (Lipinski definition) is 3. The molecule has 35 heavy (non-hydrogen) atoms. The van der Waals surface area contributed by atoms with Gasteiger partial charge in [-0.15, -0.1) is 0 Å². The molecule has 1 aromatic heterocycles. The number of aromatic hydroxyl groups is 1. The van der Waals surface area contributed by atoms with Crippen molar-refractivity contribution in [2.45, 2.75) is 0 Å². The topological polar surface area (TPSA) is 194 Å². The quantitative estimate of drug-likeness (QED) is 0.242. The van der Waals surface area contributed by atoms with Crippen molar-refractivity contribution in [3.8, 4) is 5.75 Å². The van der Waals surface area contributed by atoms with Crippen molar-refractivity contribution in [2.24, 2.45) is 5.10 Å². The molecule has 0 aliphatic carbocycles. The lowest BCUT2D eigenvalue weighted by Gasteiger charge is -2.27. The highest BCUT2D eigenvalue weighted by Gasteiger charge is 2.18. The van der Waals surface area contributed by atoms with E-state index in [4.69, 9.17) is 4.74 Å². The summed E-state index contributed by atoms with van der Waals surface area (Å²) >= 11 is 0. The van der Waals surface area contributed by atoms with E-state index in [1.807, 2.05) is 4.90 Å². The van der Waals surface area contributed by atoms with Crippen LogP contribution in [0.2, 0.25) is 0 Å². The van der Waals surface area contributed by atoms with Crippen LogP contribution in [0.3, 0.4) is 0 Å². The highest BCUT2D eigenvalue weighted by molar-refractivity contribution is 5.85. The Balaban J connectivity index is 1.58. The number of ether oxygens (including phenoxy) is 1. The third kappa shape index (κ3) is 5.72. The van der Waals surface area contributed by atoms with Crippen LogP contribution in [0.15, 0.2) is 47.6 Å². The van der Waals surface area contributed by atoms with Gasteiger partial charge in [-0.1, -0.05) is 6.07 Å². The number of nitro groups is 2. The molecule has 0 unspecified atom stereocenters. The number of rotatable bonds is 8. The first-order valence-corrected chi connectivity index (χ1v) is 10.3. The van der Waals surface area contributed by atoms with Gasteiger partial charge in [-0.25, -0.2) is 5.43 Å². The number of nitrogens with zero attached hydrogens (tertiary/aromatic N) is 7. The predicted molar refractivity (Wildman–Crippen MR) is 125 cm³/mol. The molecule has 4 rings (SSSR count). The number of nitrogens with one attached hydrogen (secondary N) is 2. The van der Waals surface area contributed by atoms with E-state index in [-0.39, 0.29) is 23.1 Å². The van der Waals surface area contributed by atoms with Gasteiger partial charge in [-0.2, -0.15) is 20.1 Å². The van der Waals surface area contributed by atoms with E-state index in [1.165, 1.54) is 48.7 Å². The summed E-state index contributed by atoms with van der Waals surface area (Å²) in [6.45, 7) is 2.13. The average Bonchev–Trinajstić information content (AvgIpc) is 2.85. The van der Waals surface area contributed by atoms with Crippen LogP contribution >= 0.6 is 0 Å². The van der Waals surface area contributed by atoms with Crippen LogP contribution in [0.1, 0.15) is 5.56 Å². The standard InChI is InChI=1S/C20H19N9O6/c30-17-13(2-1-3-16(17)29(33)34)12-21-26-19-23-18(22-14-4-6-15(7-5-14)28(31)32)24-20(25-19)27-8-10-35-11-9-27/h1-7,12,30H,8-11H2,(H2,22,23,24,25,26)/b21-12+. The van der Waals surface area contributed by atoms with Crippen molar-refractivity contribution in [3.05, 3.63) is 68.3 Å². The highest BCUT2D eigenvalue weighted by Crippen LogP contribution is 2.28. The van der Waals surface area contributed by atoms with Crippen LogP contribution in [-0.2, 0) is 4.74 Å². The molecule has 1 saturated heterocycles. The Kier molecular flexibility index (Phi) is 6.87. The number of nitro benzene ring substituents is 2. The molecule has 180 valence electrons. The fourth-order valence-corrected chi connectivity index (χ4v) is 3.13. The predicted octanol–water partition coefficient (Wildman–Crippen LogP) is 2.42. The van der Waals surface area contributed by atoms with Crippen LogP contribution in [0.4, 0.5) is 34.9 Å². The van der Waals surface area contributed by atoms with E-state index in [1.54, 1.807) is 0 Å². The normalized spacial score (nSPS) is 13.5. The highest BCUT2D eigenvalue weighted by atomic mass is 16.6. The Bertz CT molecular complexity index is 1260. The molecule has 3 aromatic rings. The van der Waals surface area contributed by atoms with Crippen molar-refractivity contribution in [3.63, 3.8) is 0 Å². The van der Waals surface area contributed by atoms with Crippen LogP contribution in [0.5, 0.6) is 5.75 Å². The number of benzene rings is 2. The van der Waals surface area contributed by atoms with Crippen molar-refractivity contribution in [1.29, 1.82) is 0 Å². The van der Waals surface area contributed by atoms with Crippen molar-refractivity contribution in [2.75, 3.05) is 41.9 Å². The SMILES string of the molecule is O=[N+]([O-])c1ccc(Nc2nc(N/N=C/c3cccc([N+](=O)[O-])c3O)nc(N3CCOCC3)n2)cc1. The summed E-state index contributed by atoms with van der Waals surface area (Å²) in [7, 11) is 0. The lowest BCUT2D eigenvalue weighted by molar-refractivity contribution is -0.385. The van der Waals surface area contributed by atoms with Gasteiger partial charge in [0.05, 0.1) is 29.3 Å². The Morgan fingerprint density at radius 2 is 1.71 bits per heavy atom. The molecule has 0 spiro atoms. The molecule has 15 nitrogen and oxygen atoms in total. The van der Waals surface area contributed by atoms with Gasteiger partial charge in [0, 0.05) is 42.5 Å². The second-order valence-electron chi connectivity index (χ2n) is 7.15. The van der Waals surface area contributed by atoms with Crippen molar-refractivity contribution < 1.29 is 19.7 Å². The van der Waals surface area contributed by atoms with E-state index < -0.39 is 21.3 Å². The van der Waals surface area contributed by atoms with Crippen LogP contribution < -0.4 is 15.6 Å². The van der Waals surface area contributed by atoms with E-state index in [9.17, 15) is 25.3 Å². The molecular weight excluding hydrogens is 462 g/mol. The number of para-hydroxylation sites is 1. The molecule has 15 heteroatoms. The number of morpholine rings is 1. The fourth-order valence-electron chi connectivity index (χ4n) is 3.13. The molecule has 1 aliphatic heterocycles. The minimum atomic E-state index is -0.698. The van der Waals surface area contributed by atoms with Gasteiger partial charge in [-0.05, 0) is 18.2 Å². The molecule has 0 amide bonds. The van der Waals surface area contributed by atoms with Gasteiger partial charge in [-0.3, -0.25) is 20.2 Å². The number of anilines is 4. The zero-order valence-electron chi connectivity index (χ0n) is 18.1. The first-order valence-electron chi connectivity index (χ1n) is 10.3. The number of hydrazone groups is 1. The van der Waals surface area contributed by atoms with Crippen LogP contribution in [0, 0.1) is 20.2 Å². The molecule has 3 N–H and O–H groups in total. The van der Waals surface area contributed by atoms with Gasteiger partial charge in [0.2, 0.25) is 23.6 Å². The smallest absolute Gasteiger partial charge is 0.311 e. The number of hydrogen-bond acceptors (Lipinski definition) is 13. The molecule has 0 saturated carbocycles. The molecule has 2 heterocycles. The monoisotopic (exact) mass is 481 g/mol. The van der Waals surface area contributed by atoms with Gasteiger partial charge < -0.3 is 20.1 Å². The van der Waals surface area contributed by atoms with E-state index in [0.717, 1.165) is 0 Å². The van der Waals surface area contributed by atoms with E-state index >= 15 is 0 Å². The Morgan fingerprint density at radius 3 is 2.40 bits per heavy atom. The zero-order chi connectivity index (χ0) is 24.8. The number of non-ortho nitro benzene ring substituents is 1. The second kappa shape index (κ2) is 10.3. The minimum absolute atomic E-state index is 0.0544. The number of aromatic nitrogens is 3. The second-order valence-corrected chi connectivity index (χ2v) is 7.15. The summed E-state index contributed by atoms with van der Waals surface area (Å²) < 4.78 is 5.37. The number of phenolic OH excluding ortho intramolecular Hbond substituents is 1. The molecule has 0 radical (unpaired) electrons. The average molecular weight is 481 g/mol. The summed E-state index contributed by atoms with van der Waals surface area (Å²) in [5.41, 5.74) is 2.78. The van der Waals surface area contributed by atoms with Gasteiger partial charge >= 0.3 is 5.69 Å². The van der Waals surface area contributed by atoms with Crippen LogP contribution in [0.25, 0.3) is 0 Å². The maximum atomic E-state index is 11.0. The summed E-state index contributed by atoms with van der Waals surface area (Å²) in [6.07, 6.45) is 1.20. The molecule has 1 fully saturated rings. The number of phenols is 1. The first-order chi connectivity index (χ1) is 16.9. The van der Waals surface area contributed by atoms with E-state index in [2.05, 4.69) is 30.8 Å². The summed E-state index contributed by atoms with van der Waals surface area (Å²) in [6, 6.07) is 9.80. The fraction of sp³-hybridized carbons (Fsp3) is 0.200. The van der Waals surface area contributed by atoms with Crippen LogP contribution in [-0.4, -0.2) is 62.4 Å². The Hall–Kier alpha value is -4.92. The Morgan fingerprint density at radius 1 is 1.00 bits per heavy atom. The largest absolute Gasteiger partial charge is 0.502 e. The molecule has 1 aliphatic rings. The van der Waals surface area contributed by atoms with Gasteiger partial charge in [0.15, 0.2) is 0 Å². The lowest BCUT2D eigenvalue weighted by atomic mass is 10.2. The van der Waals surface area contributed by atoms with Crippen molar-refractivity contribution >= 4 is 41.1 Å².